The maximum absolute atomic E-state index is 13.0. The maximum Gasteiger partial charge on any atom is 0.356 e. The van der Waals surface area contributed by atoms with Crippen molar-refractivity contribution >= 4 is 17.3 Å². The number of aromatic carboxylic acids is 1. The van der Waals surface area contributed by atoms with Gasteiger partial charge in [-0.3, -0.25) is 4.98 Å². The van der Waals surface area contributed by atoms with Crippen LogP contribution in [0.3, 0.4) is 0 Å². The van der Waals surface area contributed by atoms with E-state index < -0.39 is 11.8 Å². The van der Waals surface area contributed by atoms with Crippen molar-refractivity contribution in [3.8, 4) is 0 Å². The van der Waals surface area contributed by atoms with Crippen LogP contribution in [0.4, 0.5) is 15.8 Å². The zero-order valence-corrected chi connectivity index (χ0v) is 11.0. The molecule has 0 aromatic carbocycles. The average molecular weight is 276 g/mol. The number of carboxylic acid groups (broad SMARTS) is 1. The highest BCUT2D eigenvalue weighted by atomic mass is 19.1. The number of hydrogen-bond acceptors (Lipinski definition) is 5. The largest absolute Gasteiger partial charge is 0.476 e. The lowest BCUT2D eigenvalue weighted by Crippen LogP contribution is -2.10. The summed E-state index contributed by atoms with van der Waals surface area (Å²) in [6.07, 6.45) is 3.81. The van der Waals surface area contributed by atoms with Crippen LogP contribution in [0.15, 0.2) is 24.7 Å². The van der Waals surface area contributed by atoms with E-state index in [2.05, 4.69) is 20.3 Å². The van der Waals surface area contributed by atoms with Gasteiger partial charge in [-0.25, -0.2) is 19.2 Å². The molecule has 2 N–H and O–H groups in total. The summed E-state index contributed by atoms with van der Waals surface area (Å²) < 4.78 is 13.0. The van der Waals surface area contributed by atoms with Crippen LogP contribution in [0.25, 0.3) is 0 Å². The third-order valence-electron chi connectivity index (χ3n) is 2.51. The predicted molar refractivity (Wildman–Crippen MR) is 70.6 cm³/mol. The van der Waals surface area contributed by atoms with E-state index in [1.165, 1.54) is 18.5 Å². The van der Waals surface area contributed by atoms with Crippen molar-refractivity contribution in [3.05, 3.63) is 42.0 Å². The molecule has 104 valence electrons. The Morgan fingerprint density at radius 2 is 2.10 bits per heavy atom. The van der Waals surface area contributed by atoms with E-state index in [-0.39, 0.29) is 17.3 Å². The Labute approximate surface area is 114 Å². The van der Waals surface area contributed by atoms with Gasteiger partial charge in [0.25, 0.3) is 0 Å². The number of aromatic nitrogens is 3. The van der Waals surface area contributed by atoms with E-state index in [1.807, 2.05) is 13.8 Å². The molecule has 0 radical (unpaired) electrons. The van der Waals surface area contributed by atoms with Crippen LogP contribution in [0.2, 0.25) is 0 Å². The second-order valence-corrected chi connectivity index (χ2v) is 4.47. The van der Waals surface area contributed by atoms with E-state index >= 15 is 0 Å². The molecule has 2 aromatic rings. The first-order chi connectivity index (χ1) is 9.47. The van der Waals surface area contributed by atoms with Crippen LogP contribution in [0, 0.1) is 5.82 Å². The van der Waals surface area contributed by atoms with Gasteiger partial charge in [-0.1, -0.05) is 13.8 Å². The normalized spacial score (nSPS) is 10.6. The number of carboxylic acids is 1. The van der Waals surface area contributed by atoms with Gasteiger partial charge < -0.3 is 10.4 Å². The molecule has 2 aromatic heterocycles. The average Bonchev–Trinajstić information content (AvgIpc) is 2.38. The first kappa shape index (κ1) is 13.9. The van der Waals surface area contributed by atoms with Gasteiger partial charge in [-0.05, 0) is 0 Å². The molecule has 0 fully saturated rings. The number of anilines is 2. The van der Waals surface area contributed by atoms with Crippen LogP contribution >= 0.6 is 0 Å². The van der Waals surface area contributed by atoms with Crippen molar-refractivity contribution in [2.45, 2.75) is 19.8 Å². The van der Waals surface area contributed by atoms with E-state index in [1.54, 1.807) is 0 Å². The Morgan fingerprint density at radius 1 is 1.35 bits per heavy atom. The lowest BCUT2D eigenvalue weighted by Gasteiger charge is -2.10. The molecular weight excluding hydrogens is 263 g/mol. The monoisotopic (exact) mass is 276 g/mol. The predicted octanol–water partition coefficient (Wildman–Crippen LogP) is 2.58. The Balaban J connectivity index is 2.38. The summed E-state index contributed by atoms with van der Waals surface area (Å²) in [5, 5.41) is 11.9. The van der Waals surface area contributed by atoms with Crippen molar-refractivity contribution in [3.63, 3.8) is 0 Å². The molecule has 0 saturated heterocycles. The summed E-state index contributed by atoms with van der Waals surface area (Å²) in [4.78, 5) is 23.0. The highest BCUT2D eigenvalue weighted by molar-refractivity contribution is 5.92. The molecule has 0 amide bonds. The highest BCUT2D eigenvalue weighted by Gasteiger charge is 2.16. The van der Waals surface area contributed by atoms with Crippen LogP contribution < -0.4 is 5.32 Å². The number of nitrogens with zero attached hydrogens (tertiary/aromatic N) is 3. The Kier molecular flexibility index (Phi) is 3.88. The molecule has 0 aliphatic heterocycles. The zero-order chi connectivity index (χ0) is 14.7. The summed E-state index contributed by atoms with van der Waals surface area (Å²) in [6.45, 7) is 3.73. The lowest BCUT2D eigenvalue weighted by atomic mass is 10.2. The minimum atomic E-state index is -1.18. The van der Waals surface area contributed by atoms with Gasteiger partial charge >= 0.3 is 5.97 Å². The second kappa shape index (κ2) is 5.60. The topological polar surface area (TPSA) is 88.0 Å². The molecule has 2 rings (SSSR count). The number of carbonyl (C=O) groups is 1. The fourth-order valence-electron chi connectivity index (χ4n) is 1.56. The number of halogens is 1. The van der Waals surface area contributed by atoms with E-state index in [9.17, 15) is 14.3 Å². The van der Waals surface area contributed by atoms with Crippen molar-refractivity contribution in [1.82, 2.24) is 15.0 Å². The Morgan fingerprint density at radius 3 is 2.70 bits per heavy atom. The van der Waals surface area contributed by atoms with Gasteiger partial charge in [-0.15, -0.1) is 0 Å². The fourth-order valence-corrected chi connectivity index (χ4v) is 1.56. The van der Waals surface area contributed by atoms with E-state index in [0.29, 0.717) is 11.5 Å². The van der Waals surface area contributed by atoms with Crippen LogP contribution in [-0.4, -0.2) is 26.0 Å². The number of nitrogens with one attached hydrogen (secondary N) is 1. The van der Waals surface area contributed by atoms with E-state index in [4.69, 9.17) is 0 Å². The third kappa shape index (κ3) is 3.05. The molecule has 2 heterocycles. The Bertz CT molecular complexity index is 646. The molecule has 6 nitrogen and oxygen atoms in total. The lowest BCUT2D eigenvalue weighted by molar-refractivity contribution is 0.0691. The minimum absolute atomic E-state index is 0.0120. The van der Waals surface area contributed by atoms with Gasteiger partial charge in [0.1, 0.15) is 11.6 Å². The minimum Gasteiger partial charge on any atom is -0.476 e. The van der Waals surface area contributed by atoms with Gasteiger partial charge in [0.05, 0.1) is 30.0 Å². The molecule has 0 aliphatic carbocycles. The molecule has 20 heavy (non-hydrogen) atoms. The second-order valence-electron chi connectivity index (χ2n) is 4.47. The number of rotatable bonds is 4. The van der Waals surface area contributed by atoms with Crippen LogP contribution in [0.5, 0.6) is 0 Å². The molecule has 0 saturated carbocycles. The van der Waals surface area contributed by atoms with Crippen LogP contribution in [0.1, 0.15) is 36.1 Å². The quantitative estimate of drug-likeness (QED) is 0.892. The third-order valence-corrected chi connectivity index (χ3v) is 2.51. The molecular formula is C13H13FN4O2. The van der Waals surface area contributed by atoms with Crippen molar-refractivity contribution in [1.29, 1.82) is 0 Å². The van der Waals surface area contributed by atoms with Crippen molar-refractivity contribution in [2.24, 2.45) is 0 Å². The summed E-state index contributed by atoms with van der Waals surface area (Å²) in [5.74, 6) is -1.25. The number of pyridine rings is 1. The van der Waals surface area contributed by atoms with E-state index in [0.717, 1.165) is 6.20 Å². The standard InChI is InChI=1S/C13H13FN4O2/c1-7(2)12-16-6-10(11(18-12)13(19)20)17-9-3-8(14)4-15-5-9/h3-7,17H,1-2H3,(H,19,20). The SMILES string of the molecule is CC(C)c1ncc(Nc2cncc(F)c2)c(C(=O)O)n1. The maximum atomic E-state index is 13.0. The molecule has 0 aliphatic rings. The molecule has 7 heteroatoms. The molecule has 0 atom stereocenters. The first-order valence-corrected chi connectivity index (χ1v) is 5.95. The van der Waals surface area contributed by atoms with Crippen molar-refractivity contribution < 1.29 is 14.3 Å². The van der Waals surface area contributed by atoms with Gasteiger partial charge in [-0.2, -0.15) is 0 Å². The van der Waals surface area contributed by atoms with Gasteiger partial charge in [0.2, 0.25) is 0 Å². The molecule has 0 bridgehead atoms. The number of hydrogen-bond donors (Lipinski definition) is 2. The van der Waals surface area contributed by atoms with Crippen molar-refractivity contribution in [2.75, 3.05) is 5.32 Å². The summed E-state index contributed by atoms with van der Waals surface area (Å²) >= 11 is 0. The first-order valence-electron chi connectivity index (χ1n) is 5.95. The zero-order valence-electron chi connectivity index (χ0n) is 11.0. The summed E-state index contributed by atoms with van der Waals surface area (Å²) in [5.41, 5.74) is 0.357. The van der Waals surface area contributed by atoms with Crippen LogP contribution in [-0.2, 0) is 0 Å². The molecule has 0 unspecified atom stereocenters. The highest BCUT2D eigenvalue weighted by Crippen LogP contribution is 2.20. The smallest absolute Gasteiger partial charge is 0.356 e. The fraction of sp³-hybridized carbons (Fsp3) is 0.231. The summed E-state index contributed by atoms with van der Waals surface area (Å²) in [6, 6.07) is 1.20. The Hall–Kier alpha value is -2.57. The summed E-state index contributed by atoms with van der Waals surface area (Å²) in [7, 11) is 0. The van der Waals surface area contributed by atoms with Gasteiger partial charge in [0.15, 0.2) is 5.69 Å². The van der Waals surface area contributed by atoms with Gasteiger partial charge in [0, 0.05) is 12.0 Å². The molecule has 0 spiro atoms.